The number of carbonyl (C=O) groups is 1. The van der Waals surface area contributed by atoms with Gasteiger partial charge in [-0.2, -0.15) is 0 Å². The zero-order valence-corrected chi connectivity index (χ0v) is 8.61. The molecule has 0 radical (unpaired) electrons. The second kappa shape index (κ2) is 5.14. The van der Waals surface area contributed by atoms with Gasteiger partial charge in [0.15, 0.2) is 6.20 Å². The van der Waals surface area contributed by atoms with E-state index in [9.17, 15) is 4.79 Å². The zero-order valence-electron chi connectivity index (χ0n) is 8.61. The van der Waals surface area contributed by atoms with Crippen molar-refractivity contribution in [2.75, 3.05) is 6.61 Å². The molecule has 1 aromatic rings. The first kappa shape index (κ1) is 11.2. The molecule has 0 aliphatic carbocycles. The Labute approximate surface area is 88.2 Å². The van der Waals surface area contributed by atoms with E-state index >= 15 is 0 Å². The van der Waals surface area contributed by atoms with Crippen LogP contribution in [0.3, 0.4) is 0 Å². The first-order chi connectivity index (χ1) is 7.13. The van der Waals surface area contributed by atoms with Crippen LogP contribution < -0.4 is 20.3 Å². The van der Waals surface area contributed by atoms with Gasteiger partial charge in [0.1, 0.15) is 6.54 Å². The quantitative estimate of drug-likeness (QED) is 0.265. The summed E-state index contributed by atoms with van der Waals surface area (Å²) in [7, 11) is 0. The number of ether oxygens (including phenoxy) is 1. The first-order valence-electron chi connectivity index (χ1n) is 4.64. The average molecular weight is 206 g/mol. The molecule has 0 atom stereocenters. The fraction of sp³-hybridized carbons (Fsp3) is 0.273. The number of aromatic nitrogens is 2. The molecule has 1 rings (SSSR count). The number of carbonyl (C=O) groups excluding carboxylic acids is 1. The van der Waals surface area contributed by atoms with Gasteiger partial charge in [0, 0.05) is 17.7 Å². The van der Waals surface area contributed by atoms with Gasteiger partial charge in [0.25, 0.3) is 0 Å². The summed E-state index contributed by atoms with van der Waals surface area (Å²) in [4.78, 5) is 10.7. The predicted octanol–water partition coefficient (Wildman–Crippen LogP) is -1.13. The summed E-state index contributed by atoms with van der Waals surface area (Å²) in [5.74, 6) is -0.397. The normalized spacial score (nSPS) is 9.87. The van der Waals surface area contributed by atoms with E-state index in [1.807, 2.05) is 6.20 Å². The molecule has 4 heteroatoms. The van der Waals surface area contributed by atoms with Gasteiger partial charge in [-0.05, 0) is 0 Å². The van der Waals surface area contributed by atoms with Gasteiger partial charge in [-0.15, -0.1) is 6.58 Å². The minimum absolute atomic E-state index is 0.365. The lowest BCUT2D eigenvalue weighted by Gasteiger charge is -2.01. The molecule has 0 bridgehead atoms. The van der Waals surface area contributed by atoms with Gasteiger partial charge in [-0.1, -0.05) is 18.5 Å². The molecule has 0 aliphatic rings. The van der Waals surface area contributed by atoms with Crippen LogP contribution in [-0.2, 0) is 16.1 Å². The monoisotopic (exact) mass is 206 g/mol. The maximum Gasteiger partial charge on any atom is 0.330 e. The molecule has 0 saturated carbocycles. The largest absolute Gasteiger partial charge is 0.462 e. The minimum Gasteiger partial charge on any atom is -0.462 e. The Balaban J connectivity index is 2.32. The Kier molecular flexibility index (Phi) is 3.85. The molecule has 0 N–H and O–H groups in total. The van der Waals surface area contributed by atoms with Gasteiger partial charge in [0.2, 0.25) is 0 Å². The fourth-order valence-electron chi connectivity index (χ4n) is 1.08. The fourth-order valence-corrected chi connectivity index (χ4v) is 1.08. The SMILES string of the molecule is C=CC(=O)OCCC[n+]1cc(=C)c(=C)[n-]1. The van der Waals surface area contributed by atoms with Crippen molar-refractivity contribution in [2.24, 2.45) is 0 Å². The smallest absolute Gasteiger partial charge is 0.330 e. The van der Waals surface area contributed by atoms with Gasteiger partial charge in [-0.3, -0.25) is 4.68 Å². The summed E-state index contributed by atoms with van der Waals surface area (Å²) >= 11 is 0. The number of hydrogen-bond acceptors (Lipinski definition) is 2. The molecule has 0 spiro atoms. The molecule has 4 nitrogen and oxygen atoms in total. The van der Waals surface area contributed by atoms with Crippen molar-refractivity contribution in [3.8, 4) is 0 Å². The molecule has 15 heavy (non-hydrogen) atoms. The van der Waals surface area contributed by atoms with E-state index in [-0.39, 0.29) is 0 Å². The Hall–Kier alpha value is -1.84. The lowest BCUT2D eigenvalue weighted by molar-refractivity contribution is -0.756. The van der Waals surface area contributed by atoms with Crippen LogP contribution in [0.4, 0.5) is 0 Å². The summed E-state index contributed by atoms with van der Waals surface area (Å²) < 4.78 is 6.56. The van der Waals surface area contributed by atoms with E-state index in [2.05, 4.69) is 24.8 Å². The van der Waals surface area contributed by atoms with Crippen molar-refractivity contribution in [2.45, 2.75) is 13.0 Å². The molecular weight excluding hydrogens is 192 g/mol. The molecule has 0 aliphatic heterocycles. The Bertz CT molecular complexity index is 420. The minimum atomic E-state index is -0.397. The average Bonchev–Trinajstić information content (AvgIpc) is 2.53. The molecule has 1 aromatic heterocycles. The lowest BCUT2D eigenvalue weighted by Crippen LogP contribution is -2.39. The highest BCUT2D eigenvalue weighted by atomic mass is 16.5. The highest BCUT2D eigenvalue weighted by molar-refractivity contribution is 5.81. The van der Waals surface area contributed by atoms with Crippen molar-refractivity contribution in [1.29, 1.82) is 0 Å². The molecular formula is C11H14N2O2. The van der Waals surface area contributed by atoms with Crippen LogP contribution in [0.25, 0.3) is 13.2 Å². The van der Waals surface area contributed by atoms with Crippen LogP contribution in [0.15, 0.2) is 18.9 Å². The van der Waals surface area contributed by atoms with E-state index in [4.69, 9.17) is 4.74 Å². The van der Waals surface area contributed by atoms with Crippen molar-refractivity contribution >= 4 is 19.1 Å². The molecule has 0 aromatic carbocycles. The van der Waals surface area contributed by atoms with Gasteiger partial charge in [0.05, 0.1) is 6.61 Å². The van der Waals surface area contributed by atoms with Crippen LogP contribution in [0, 0.1) is 0 Å². The number of hydrogen-bond donors (Lipinski definition) is 0. The Morgan fingerprint density at radius 3 is 2.87 bits per heavy atom. The number of esters is 1. The third kappa shape index (κ3) is 3.42. The third-order valence-corrected chi connectivity index (χ3v) is 1.87. The van der Waals surface area contributed by atoms with E-state index in [1.54, 1.807) is 4.68 Å². The molecule has 0 amide bonds. The Morgan fingerprint density at radius 2 is 2.33 bits per heavy atom. The predicted molar refractivity (Wildman–Crippen MR) is 56.0 cm³/mol. The highest BCUT2D eigenvalue weighted by Gasteiger charge is 1.98. The van der Waals surface area contributed by atoms with Crippen LogP contribution in [0.5, 0.6) is 0 Å². The van der Waals surface area contributed by atoms with Crippen LogP contribution in [-0.4, -0.2) is 12.6 Å². The van der Waals surface area contributed by atoms with Crippen molar-refractivity contribution in [1.82, 2.24) is 5.10 Å². The molecule has 0 fully saturated rings. The van der Waals surface area contributed by atoms with Gasteiger partial charge < -0.3 is 9.84 Å². The van der Waals surface area contributed by atoms with Crippen LogP contribution in [0.2, 0.25) is 0 Å². The van der Waals surface area contributed by atoms with E-state index in [1.165, 1.54) is 0 Å². The standard InChI is InChI=1S/C11H14N2O2/c1-4-11(14)15-7-5-6-13-8-9(2)10(3)12-13/h4,8H,1-3,5-7H2. The summed E-state index contributed by atoms with van der Waals surface area (Å²) in [6.07, 6.45) is 3.67. The topological polar surface area (TPSA) is 44.3 Å². The summed E-state index contributed by atoms with van der Waals surface area (Å²) in [6, 6.07) is 0. The van der Waals surface area contributed by atoms with Gasteiger partial charge >= 0.3 is 5.97 Å². The summed E-state index contributed by atoms with van der Waals surface area (Å²) in [5.41, 5.74) is 0. The van der Waals surface area contributed by atoms with E-state index < -0.39 is 5.97 Å². The highest BCUT2D eigenvalue weighted by Crippen LogP contribution is 1.83. The molecule has 0 unspecified atom stereocenters. The number of nitrogens with zero attached hydrogens (tertiary/aromatic N) is 2. The Morgan fingerprint density at radius 1 is 1.60 bits per heavy atom. The molecule has 80 valence electrons. The van der Waals surface area contributed by atoms with Crippen molar-refractivity contribution in [3.05, 3.63) is 29.4 Å². The summed E-state index contributed by atoms with van der Waals surface area (Å²) in [5, 5.41) is 5.63. The van der Waals surface area contributed by atoms with Crippen molar-refractivity contribution in [3.63, 3.8) is 0 Å². The lowest BCUT2D eigenvalue weighted by atomic mass is 10.4. The molecule has 1 heterocycles. The second-order valence-corrected chi connectivity index (χ2v) is 3.09. The van der Waals surface area contributed by atoms with Gasteiger partial charge in [-0.25, -0.2) is 4.79 Å². The molecule has 0 saturated heterocycles. The van der Waals surface area contributed by atoms with E-state index in [0.717, 1.165) is 11.3 Å². The van der Waals surface area contributed by atoms with E-state index in [0.29, 0.717) is 24.9 Å². The maximum absolute atomic E-state index is 10.7. The van der Waals surface area contributed by atoms with Crippen LogP contribution in [0.1, 0.15) is 6.42 Å². The van der Waals surface area contributed by atoms with Crippen LogP contribution >= 0.6 is 0 Å². The number of aryl methyl sites for hydroxylation is 1. The maximum atomic E-state index is 10.7. The van der Waals surface area contributed by atoms with Crippen molar-refractivity contribution < 1.29 is 14.2 Å². The summed E-state index contributed by atoms with van der Waals surface area (Å²) in [6.45, 7) is 11.8. The number of rotatable bonds is 5. The second-order valence-electron chi connectivity index (χ2n) is 3.09. The zero-order chi connectivity index (χ0) is 11.3. The third-order valence-electron chi connectivity index (χ3n) is 1.87. The first-order valence-corrected chi connectivity index (χ1v) is 4.64.